The summed E-state index contributed by atoms with van der Waals surface area (Å²) in [6.45, 7) is 0. The summed E-state index contributed by atoms with van der Waals surface area (Å²) >= 11 is 0. The van der Waals surface area contributed by atoms with Gasteiger partial charge >= 0.3 is 0 Å². The van der Waals surface area contributed by atoms with E-state index in [9.17, 15) is 0 Å². The molecular formula is C3H26BO3P7-. The van der Waals surface area contributed by atoms with Gasteiger partial charge in [-0.15, -0.1) is 7.53 Å². The fourth-order valence-electron chi connectivity index (χ4n) is 0. The third-order valence-corrected chi connectivity index (χ3v) is 0. The number of hydrogen-bond donors (Lipinski definition) is 3. The van der Waals surface area contributed by atoms with Crippen molar-refractivity contribution in [3.8, 4) is 0 Å². The summed E-state index contributed by atoms with van der Waals surface area (Å²) in [5.74, 6) is 0. The zero-order chi connectivity index (χ0) is 13.1. The lowest BCUT2D eigenvalue weighted by molar-refractivity contribution is 0.656. The van der Waals surface area contributed by atoms with E-state index in [1.54, 1.807) is 9.47 Å². The fraction of sp³-hybridized carbons (Fsp3) is 1.00. The molecule has 3 N–H and O–H groups in total. The van der Waals surface area contributed by atoms with Crippen LogP contribution in [-0.4, -0.2) is 27.8 Å². The van der Waals surface area contributed by atoms with E-state index < -0.39 is 7.53 Å². The molecule has 3 nitrogen and oxygen atoms in total. The van der Waals surface area contributed by atoms with E-state index >= 15 is 0 Å². The van der Waals surface area contributed by atoms with Crippen LogP contribution in [0.4, 0.5) is 0 Å². The Morgan fingerprint density at radius 3 is 1.57 bits per heavy atom. The summed E-state index contributed by atoms with van der Waals surface area (Å²) in [5.41, 5.74) is 0. The molecule has 0 bridgehead atoms. The summed E-state index contributed by atoms with van der Waals surface area (Å²) in [6.07, 6.45) is 0. The topological polar surface area (TPSA) is 60.7 Å². The minimum atomic E-state index is -0.598. The van der Waals surface area contributed by atoms with E-state index in [1.165, 1.54) is 0 Å². The third-order valence-electron chi connectivity index (χ3n) is 0. The molecule has 0 aliphatic heterocycles. The maximum atomic E-state index is 6.14. The first-order valence-corrected chi connectivity index (χ1v) is 9.98. The minimum absolute atomic E-state index is 0. The highest BCUT2D eigenvalue weighted by Gasteiger charge is 1.68. The molecule has 5 atom stereocenters. The van der Waals surface area contributed by atoms with Crippen molar-refractivity contribution < 1.29 is 14.7 Å². The SMILES string of the molecule is C.C.C.[3H]OP.[3H]OP(P)P.[3H]OPP.[3H][B][PH-]. The van der Waals surface area contributed by atoms with E-state index in [0.717, 1.165) is 7.53 Å². The minimum Gasteiger partial charge on any atom is -0.600 e. The van der Waals surface area contributed by atoms with Crippen molar-refractivity contribution in [1.29, 1.82) is 5.63 Å². The van der Waals surface area contributed by atoms with Gasteiger partial charge in [0.2, 0.25) is 4.29 Å². The van der Waals surface area contributed by atoms with E-state index in [4.69, 9.17) is 5.63 Å². The van der Waals surface area contributed by atoms with Crippen LogP contribution in [0.15, 0.2) is 0 Å². The Balaban J connectivity index is -0.0000000174. The molecule has 0 spiro atoms. The van der Waals surface area contributed by atoms with Gasteiger partial charge in [0.05, 0.1) is 7.53 Å². The molecular weight excluding hydrogens is 312 g/mol. The summed E-state index contributed by atoms with van der Waals surface area (Å²) in [6, 6.07) is 0. The van der Waals surface area contributed by atoms with Gasteiger partial charge in [-0.2, -0.15) is 0 Å². The molecule has 0 amide bonds. The Hall–Kier alpha value is 2.95. The average Bonchev–Trinajstić information content (AvgIpc) is 2.20. The Kier molecular flexibility index (Phi) is 117. The Labute approximate surface area is 112 Å². The maximum Gasteiger partial charge on any atom is 0.216 e. The van der Waals surface area contributed by atoms with Crippen molar-refractivity contribution in [3.63, 3.8) is 0 Å². The molecule has 0 fully saturated rings. The summed E-state index contributed by atoms with van der Waals surface area (Å²) < 4.78 is 23.8. The molecule has 0 rings (SSSR count). The first kappa shape index (κ1) is 22.2. The molecule has 0 aromatic rings. The molecule has 95 valence electrons. The van der Waals surface area contributed by atoms with Crippen LogP contribution in [-0.2, 0) is 0 Å². The molecule has 0 aliphatic carbocycles. The van der Waals surface area contributed by atoms with Crippen molar-refractivity contribution >= 4 is 68.9 Å². The monoisotopic (exact) mass is 346 g/mol. The Morgan fingerprint density at radius 1 is 1.43 bits per heavy atom. The van der Waals surface area contributed by atoms with Crippen LogP contribution < -0.4 is 0 Å². The second-order valence-electron chi connectivity index (χ2n) is 0.478. The van der Waals surface area contributed by atoms with Gasteiger partial charge in [-0.05, 0) is 9.47 Å². The number of hydrogen-bond acceptors (Lipinski definition) is 3. The number of rotatable bonds is 2. The molecule has 0 aromatic heterocycles. The lowest BCUT2D eigenvalue weighted by atomic mass is 10.8. The van der Waals surface area contributed by atoms with E-state index in [1.807, 2.05) is 0 Å². The van der Waals surface area contributed by atoms with E-state index in [-0.39, 0.29) is 30.8 Å². The van der Waals surface area contributed by atoms with Crippen LogP contribution in [0.3, 0.4) is 0 Å². The normalized spacial score (nSPS) is 9.00. The molecule has 0 saturated carbocycles. The maximum absolute atomic E-state index is 6.14. The van der Waals surface area contributed by atoms with Gasteiger partial charge in [0.15, 0.2) is 0 Å². The molecule has 0 saturated heterocycles. The molecule has 11 heteroatoms. The quantitative estimate of drug-likeness (QED) is 0.532. The second-order valence-corrected chi connectivity index (χ2v) is 6.98. The molecule has 0 aliphatic rings. The van der Waals surface area contributed by atoms with Gasteiger partial charge in [-0.3, -0.25) is 0 Å². The highest BCUT2D eigenvalue weighted by Crippen LogP contribution is 2.47. The fourth-order valence-corrected chi connectivity index (χ4v) is 0. The molecule has 5 unspecified atom stereocenters. The van der Waals surface area contributed by atoms with Gasteiger partial charge in [0, 0.05) is 8.50 Å². The van der Waals surface area contributed by atoms with Crippen LogP contribution in [0.2, 0.25) is 0 Å². The second kappa shape index (κ2) is 73.8. The van der Waals surface area contributed by atoms with Crippen LogP contribution in [0, 0.1) is 0 Å². The van der Waals surface area contributed by atoms with Crippen molar-refractivity contribution in [2.75, 3.05) is 0 Å². The van der Waals surface area contributed by atoms with Gasteiger partial charge in [0.25, 0.3) is 0 Å². The zero-order valence-electron chi connectivity index (χ0n) is 9.56. The third kappa shape index (κ3) is 334. The van der Waals surface area contributed by atoms with Gasteiger partial charge in [-0.1, -0.05) is 50.4 Å². The van der Waals surface area contributed by atoms with Crippen molar-refractivity contribution in [2.45, 2.75) is 22.3 Å². The molecule has 0 aromatic carbocycles. The largest absolute Gasteiger partial charge is 0.600 e. The van der Waals surface area contributed by atoms with E-state index in [2.05, 4.69) is 50.6 Å². The van der Waals surface area contributed by atoms with E-state index in [0.29, 0.717) is 0 Å². The summed E-state index contributed by atoms with van der Waals surface area (Å²) in [4.78, 5) is 11.2. The van der Waals surface area contributed by atoms with Gasteiger partial charge in [0.1, 0.15) is 0 Å². The summed E-state index contributed by atoms with van der Waals surface area (Å²) in [5, 5.41) is 0. The smallest absolute Gasteiger partial charge is 0.216 e. The first-order chi connectivity index (χ1) is 7.01. The summed E-state index contributed by atoms with van der Waals surface area (Å²) in [7, 11) is 12.1. The average molecular weight is 346 g/mol. The van der Waals surface area contributed by atoms with Crippen LogP contribution in [0.1, 0.15) is 22.3 Å². The standard InChI is InChI=1S/3CH4.BH2P.H5OP3.H4OP2.H3OP/c;;;1-2;1-4(2)3;1-3-2;1-2/h3*1H4;1-2H;1H,2-3H2;1,3H,2H2;1H,2H2/q;;;-1;;;/i;;;4*1T. The Morgan fingerprint density at radius 2 is 1.57 bits per heavy atom. The molecule has 1 radical (unpaired) electrons. The van der Waals surface area contributed by atoms with Crippen LogP contribution in [0.5, 0.6) is 0 Å². The van der Waals surface area contributed by atoms with Crippen LogP contribution >= 0.6 is 61.4 Å². The molecule has 0 heterocycles. The Bertz CT molecular complexity index is 79.9. The predicted octanol–water partition coefficient (Wildman–Crippen LogP) is 2.94. The predicted molar refractivity (Wildman–Crippen MR) is 96.4 cm³/mol. The van der Waals surface area contributed by atoms with Crippen molar-refractivity contribution in [2.24, 2.45) is 0 Å². The van der Waals surface area contributed by atoms with Crippen LogP contribution in [0.25, 0.3) is 0 Å². The molecule has 14 heavy (non-hydrogen) atoms. The lowest BCUT2D eigenvalue weighted by Crippen LogP contribution is -1.20. The first-order valence-electron chi connectivity index (χ1n) is 3.52. The van der Waals surface area contributed by atoms with Crippen molar-refractivity contribution in [1.82, 2.24) is 0 Å². The highest BCUT2D eigenvalue weighted by molar-refractivity contribution is 8.40. The van der Waals surface area contributed by atoms with Gasteiger partial charge < -0.3 is 23.8 Å². The lowest BCUT2D eigenvalue weighted by Gasteiger charge is -1.80. The van der Waals surface area contributed by atoms with Crippen molar-refractivity contribution in [3.05, 3.63) is 0 Å². The zero-order valence-corrected chi connectivity index (χ0v) is 13.1. The highest BCUT2D eigenvalue weighted by atomic mass is 32.4. The van der Waals surface area contributed by atoms with Gasteiger partial charge in [-0.25, -0.2) is 0 Å².